The highest BCUT2D eigenvalue weighted by atomic mass is 32.2. The van der Waals surface area contributed by atoms with Crippen molar-refractivity contribution in [3.05, 3.63) is 29.6 Å². The van der Waals surface area contributed by atoms with Crippen molar-refractivity contribution >= 4 is 11.8 Å². The summed E-state index contributed by atoms with van der Waals surface area (Å²) in [6, 6.07) is 7.83. The van der Waals surface area contributed by atoms with E-state index in [0.29, 0.717) is 11.6 Å². The molecule has 3 heteroatoms. The summed E-state index contributed by atoms with van der Waals surface area (Å²) in [4.78, 5) is 4.34. The number of thioether (sulfide) groups is 1. The van der Waals surface area contributed by atoms with Crippen molar-refractivity contribution in [3.63, 3.8) is 0 Å². The Morgan fingerprint density at radius 2 is 2.14 bits per heavy atom. The van der Waals surface area contributed by atoms with E-state index in [4.69, 9.17) is 5.26 Å². The molecule has 1 aliphatic heterocycles. The van der Waals surface area contributed by atoms with Gasteiger partial charge in [0.25, 0.3) is 0 Å². The second-order valence-electron chi connectivity index (χ2n) is 3.45. The predicted molar refractivity (Wildman–Crippen MR) is 58.3 cm³/mol. The normalized spacial score (nSPS) is 17.6. The van der Waals surface area contributed by atoms with E-state index >= 15 is 0 Å². The largest absolute Gasteiger partial charge is 0.242 e. The van der Waals surface area contributed by atoms with Gasteiger partial charge in [-0.05, 0) is 36.5 Å². The molecule has 0 unspecified atom stereocenters. The molecule has 14 heavy (non-hydrogen) atoms. The van der Waals surface area contributed by atoms with Crippen LogP contribution in [0.1, 0.15) is 30.1 Å². The maximum absolute atomic E-state index is 8.74. The van der Waals surface area contributed by atoms with Gasteiger partial charge in [0.1, 0.15) is 11.8 Å². The van der Waals surface area contributed by atoms with E-state index < -0.39 is 0 Å². The molecular formula is C11H12N2S. The minimum atomic E-state index is 0.542. The maximum Gasteiger partial charge on any atom is 0.140 e. The molecule has 1 aliphatic rings. The molecule has 2 rings (SSSR count). The Kier molecular flexibility index (Phi) is 3.05. The predicted octanol–water partition coefficient (Wildman–Crippen LogP) is 2.56. The van der Waals surface area contributed by atoms with Crippen LogP contribution >= 0.6 is 11.8 Å². The Morgan fingerprint density at radius 3 is 2.86 bits per heavy atom. The van der Waals surface area contributed by atoms with Crippen LogP contribution in [0.5, 0.6) is 0 Å². The van der Waals surface area contributed by atoms with Gasteiger partial charge in [0.2, 0.25) is 0 Å². The van der Waals surface area contributed by atoms with Crippen molar-refractivity contribution in [3.8, 4) is 6.07 Å². The first-order chi connectivity index (χ1) is 6.90. The van der Waals surface area contributed by atoms with E-state index in [1.54, 1.807) is 6.07 Å². The summed E-state index contributed by atoms with van der Waals surface area (Å²) in [6.07, 6.45) is 2.40. The molecule has 0 saturated carbocycles. The average molecular weight is 204 g/mol. The van der Waals surface area contributed by atoms with Crippen LogP contribution in [0.25, 0.3) is 0 Å². The van der Waals surface area contributed by atoms with Crippen LogP contribution in [0, 0.1) is 11.3 Å². The highest BCUT2D eigenvalue weighted by Crippen LogP contribution is 2.30. The zero-order valence-electron chi connectivity index (χ0n) is 7.94. The van der Waals surface area contributed by atoms with Crippen LogP contribution in [-0.4, -0.2) is 16.5 Å². The van der Waals surface area contributed by atoms with E-state index in [9.17, 15) is 0 Å². The van der Waals surface area contributed by atoms with Crippen LogP contribution in [-0.2, 0) is 0 Å². The van der Waals surface area contributed by atoms with Gasteiger partial charge in [0.05, 0.1) is 0 Å². The molecular weight excluding hydrogens is 192 g/mol. The lowest BCUT2D eigenvalue weighted by atomic mass is 9.98. The molecule has 1 aromatic rings. The number of rotatable bonds is 1. The topological polar surface area (TPSA) is 36.7 Å². The number of nitriles is 1. The van der Waals surface area contributed by atoms with Gasteiger partial charge in [-0.1, -0.05) is 6.07 Å². The minimum absolute atomic E-state index is 0.542. The fourth-order valence-corrected chi connectivity index (χ4v) is 2.84. The van der Waals surface area contributed by atoms with Gasteiger partial charge in [-0.25, -0.2) is 4.98 Å². The van der Waals surface area contributed by atoms with Gasteiger partial charge in [0.15, 0.2) is 0 Å². The van der Waals surface area contributed by atoms with Gasteiger partial charge < -0.3 is 0 Å². The number of hydrogen-bond donors (Lipinski definition) is 0. The molecule has 2 nitrogen and oxygen atoms in total. The summed E-state index contributed by atoms with van der Waals surface area (Å²) in [6.45, 7) is 0. The molecule has 0 radical (unpaired) electrons. The van der Waals surface area contributed by atoms with E-state index in [2.05, 4.69) is 11.1 Å². The first-order valence-electron chi connectivity index (χ1n) is 4.85. The molecule has 0 aliphatic carbocycles. The van der Waals surface area contributed by atoms with E-state index in [1.165, 1.54) is 24.3 Å². The SMILES string of the molecule is N#Cc1cccc(C2CCSCC2)n1. The first kappa shape index (κ1) is 9.54. The standard InChI is InChI=1S/C11H12N2S/c12-8-10-2-1-3-11(13-10)9-4-6-14-7-5-9/h1-3,9H,4-7H2. The van der Waals surface area contributed by atoms with Gasteiger partial charge in [0, 0.05) is 11.6 Å². The quantitative estimate of drug-likeness (QED) is 0.705. The molecule has 0 atom stereocenters. The summed E-state index contributed by atoms with van der Waals surface area (Å²) in [5, 5.41) is 8.74. The molecule has 2 heterocycles. The third-order valence-electron chi connectivity index (χ3n) is 2.52. The van der Waals surface area contributed by atoms with Crippen LogP contribution < -0.4 is 0 Å². The number of hydrogen-bond acceptors (Lipinski definition) is 3. The zero-order chi connectivity index (χ0) is 9.80. The van der Waals surface area contributed by atoms with E-state index in [0.717, 1.165) is 5.69 Å². The zero-order valence-corrected chi connectivity index (χ0v) is 8.76. The molecule has 1 saturated heterocycles. The summed E-state index contributed by atoms with van der Waals surface area (Å²) in [5.41, 5.74) is 1.64. The monoisotopic (exact) mass is 204 g/mol. The number of pyridine rings is 1. The number of aromatic nitrogens is 1. The molecule has 1 aromatic heterocycles. The molecule has 0 bridgehead atoms. The lowest BCUT2D eigenvalue weighted by molar-refractivity contribution is 0.618. The lowest BCUT2D eigenvalue weighted by Crippen LogP contribution is -2.09. The van der Waals surface area contributed by atoms with E-state index in [-0.39, 0.29) is 0 Å². The minimum Gasteiger partial charge on any atom is -0.242 e. The third kappa shape index (κ3) is 2.08. The van der Waals surface area contributed by atoms with Crippen LogP contribution in [0.3, 0.4) is 0 Å². The number of nitrogens with zero attached hydrogens (tertiary/aromatic N) is 2. The second-order valence-corrected chi connectivity index (χ2v) is 4.67. The van der Waals surface area contributed by atoms with Gasteiger partial charge in [-0.2, -0.15) is 17.0 Å². The lowest BCUT2D eigenvalue weighted by Gasteiger charge is -2.20. The van der Waals surface area contributed by atoms with Crippen LogP contribution in [0.15, 0.2) is 18.2 Å². The van der Waals surface area contributed by atoms with Crippen LogP contribution in [0.4, 0.5) is 0 Å². The molecule has 72 valence electrons. The fourth-order valence-electron chi connectivity index (χ4n) is 1.73. The van der Waals surface area contributed by atoms with Crippen LogP contribution in [0.2, 0.25) is 0 Å². The van der Waals surface area contributed by atoms with Gasteiger partial charge >= 0.3 is 0 Å². The van der Waals surface area contributed by atoms with Gasteiger partial charge in [-0.15, -0.1) is 0 Å². The van der Waals surface area contributed by atoms with Crippen molar-refractivity contribution in [2.75, 3.05) is 11.5 Å². The summed E-state index contributed by atoms with van der Waals surface area (Å²) in [5.74, 6) is 3.02. The fraction of sp³-hybridized carbons (Fsp3) is 0.455. The molecule has 0 aromatic carbocycles. The average Bonchev–Trinajstić information content (AvgIpc) is 2.30. The van der Waals surface area contributed by atoms with Crippen molar-refractivity contribution < 1.29 is 0 Å². The highest BCUT2D eigenvalue weighted by Gasteiger charge is 2.16. The highest BCUT2D eigenvalue weighted by molar-refractivity contribution is 7.99. The molecule has 0 amide bonds. The Labute approximate surface area is 88.4 Å². The Hall–Kier alpha value is -1.01. The van der Waals surface area contributed by atoms with Crippen molar-refractivity contribution in [2.24, 2.45) is 0 Å². The van der Waals surface area contributed by atoms with Crippen molar-refractivity contribution in [2.45, 2.75) is 18.8 Å². The second kappa shape index (κ2) is 4.47. The Balaban J connectivity index is 2.18. The Bertz CT molecular complexity index is 351. The third-order valence-corrected chi connectivity index (χ3v) is 3.57. The Morgan fingerprint density at radius 1 is 1.36 bits per heavy atom. The summed E-state index contributed by atoms with van der Waals surface area (Å²) >= 11 is 2.01. The molecule has 0 N–H and O–H groups in total. The van der Waals surface area contributed by atoms with E-state index in [1.807, 2.05) is 23.9 Å². The first-order valence-corrected chi connectivity index (χ1v) is 6.00. The van der Waals surface area contributed by atoms with Gasteiger partial charge in [-0.3, -0.25) is 0 Å². The smallest absolute Gasteiger partial charge is 0.140 e. The van der Waals surface area contributed by atoms with Crippen molar-refractivity contribution in [1.29, 1.82) is 5.26 Å². The molecule has 1 fully saturated rings. The molecule has 0 spiro atoms. The summed E-state index contributed by atoms with van der Waals surface area (Å²) in [7, 11) is 0. The summed E-state index contributed by atoms with van der Waals surface area (Å²) < 4.78 is 0. The maximum atomic E-state index is 8.74. The van der Waals surface area contributed by atoms with Crippen molar-refractivity contribution in [1.82, 2.24) is 4.98 Å².